The van der Waals surface area contributed by atoms with E-state index in [1.54, 1.807) is 0 Å². The Balaban J connectivity index is 1.61. The Morgan fingerprint density at radius 2 is 2.05 bits per heavy atom. The molecular formula is C15H23N3O2. The van der Waals surface area contributed by atoms with Gasteiger partial charge in [0, 0.05) is 25.3 Å². The number of rotatable bonds is 6. The van der Waals surface area contributed by atoms with Crippen LogP contribution in [0, 0.1) is 0 Å². The Hall–Kier alpha value is -1.59. The van der Waals surface area contributed by atoms with E-state index < -0.39 is 0 Å². The maximum absolute atomic E-state index is 11.8. The lowest BCUT2D eigenvalue weighted by Crippen LogP contribution is -2.38. The second kappa shape index (κ2) is 7.87. The van der Waals surface area contributed by atoms with Crippen LogP contribution < -0.4 is 11.1 Å². The fourth-order valence-corrected chi connectivity index (χ4v) is 2.29. The highest BCUT2D eigenvalue weighted by atomic mass is 16.5. The summed E-state index contributed by atoms with van der Waals surface area (Å²) in [5.41, 5.74) is 7.39. The van der Waals surface area contributed by atoms with Crippen LogP contribution in [0.2, 0.25) is 0 Å². The van der Waals surface area contributed by atoms with E-state index in [1.165, 1.54) is 0 Å². The number of anilines is 1. The number of amides is 1. The smallest absolute Gasteiger partial charge is 0.224 e. The number of hydrogen-bond donors (Lipinski definition) is 2. The summed E-state index contributed by atoms with van der Waals surface area (Å²) in [6.45, 7) is 5.35. The van der Waals surface area contributed by atoms with Gasteiger partial charge in [-0.25, -0.2) is 0 Å². The summed E-state index contributed by atoms with van der Waals surface area (Å²) >= 11 is 0. The van der Waals surface area contributed by atoms with Crippen molar-refractivity contribution in [2.24, 2.45) is 0 Å². The summed E-state index contributed by atoms with van der Waals surface area (Å²) < 4.78 is 5.30. The first kappa shape index (κ1) is 14.8. The van der Waals surface area contributed by atoms with Crippen molar-refractivity contribution in [3.8, 4) is 0 Å². The normalized spacial score (nSPS) is 16.0. The number of benzene rings is 1. The number of carbonyl (C=O) groups excluding carboxylic acids is 1. The van der Waals surface area contributed by atoms with Crippen molar-refractivity contribution in [1.29, 1.82) is 0 Å². The Kier molecular flexibility index (Phi) is 5.83. The molecule has 0 aliphatic carbocycles. The third-order valence-electron chi connectivity index (χ3n) is 3.48. The molecule has 0 spiro atoms. The molecule has 0 bridgehead atoms. The Morgan fingerprint density at radius 3 is 2.80 bits per heavy atom. The molecule has 0 aromatic heterocycles. The SMILES string of the molecule is Nc1ccccc1CC(=O)NCCCN1CCOCC1. The Morgan fingerprint density at radius 1 is 1.30 bits per heavy atom. The predicted octanol–water partition coefficient (Wildman–Crippen LogP) is 0.650. The van der Waals surface area contributed by atoms with Crippen molar-refractivity contribution < 1.29 is 9.53 Å². The van der Waals surface area contributed by atoms with Crippen LogP contribution in [0.4, 0.5) is 5.69 Å². The molecule has 1 fully saturated rings. The van der Waals surface area contributed by atoms with E-state index in [4.69, 9.17) is 10.5 Å². The molecule has 0 unspecified atom stereocenters. The molecule has 5 nitrogen and oxygen atoms in total. The average Bonchev–Trinajstić information content (AvgIpc) is 2.47. The number of morpholine rings is 1. The summed E-state index contributed by atoms with van der Waals surface area (Å²) in [5, 5.41) is 2.95. The largest absolute Gasteiger partial charge is 0.398 e. The molecular weight excluding hydrogens is 254 g/mol. The van der Waals surface area contributed by atoms with E-state index in [1.807, 2.05) is 24.3 Å². The minimum absolute atomic E-state index is 0.0323. The first-order chi connectivity index (χ1) is 9.75. The van der Waals surface area contributed by atoms with E-state index in [0.717, 1.165) is 44.8 Å². The molecule has 1 aromatic carbocycles. The molecule has 1 aliphatic rings. The molecule has 110 valence electrons. The molecule has 1 heterocycles. The Bertz CT molecular complexity index is 431. The van der Waals surface area contributed by atoms with Crippen LogP contribution in [-0.4, -0.2) is 50.2 Å². The van der Waals surface area contributed by atoms with E-state index in [2.05, 4.69) is 10.2 Å². The van der Waals surface area contributed by atoms with Gasteiger partial charge in [0.05, 0.1) is 19.6 Å². The molecule has 0 atom stereocenters. The lowest BCUT2D eigenvalue weighted by Gasteiger charge is -2.26. The number of carbonyl (C=O) groups is 1. The molecule has 0 radical (unpaired) electrons. The molecule has 1 aromatic rings. The summed E-state index contributed by atoms with van der Waals surface area (Å²) in [5.74, 6) is 0.0323. The second-order valence-electron chi connectivity index (χ2n) is 5.03. The van der Waals surface area contributed by atoms with Gasteiger partial charge >= 0.3 is 0 Å². The average molecular weight is 277 g/mol. The number of nitrogens with one attached hydrogen (secondary N) is 1. The zero-order valence-electron chi connectivity index (χ0n) is 11.8. The molecule has 1 saturated heterocycles. The Labute approximate surface area is 120 Å². The molecule has 2 rings (SSSR count). The third-order valence-corrected chi connectivity index (χ3v) is 3.48. The monoisotopic (exact) mass is 277 g/mol. The standard InChI is InChI=1S/C15H23N3O2/c16-14-5-2-1-4-13(14)12-15(19)17-6-3-7-18-8-10-20-11-9-18/h1-2,4-5H,3,6-12,16H2,(H,17,19). The van der Waals surface area contributed by atoms with Crippen LogP contribution in [0.15, 0.2) is 24.3 Å². The lowest BCUT2D eigenvalue weighted by atomic mass is 10.1. The zero-order valence-corrected chi connectivity index (χ0v) is 11.8. The van der Waals surface area contributed by atoms with Crippen molar-refractivity contribution in [1.82, 2.24) is 10.2 Å². The molecule has 1 amide bonds. The fraction of sp³-hybridized carbons (Fsp3) is 0.533. The van der Waals surface area contributed by atoms with Gasteiger partial charge in [-0.05, 0) is 24.6 Å². The lowest BCUT2D eigenvalue weighted by molar-refractivity contribution is -0.120. The van der Waals surface area contributed by atoms with Gasteiger partial charge in [-0.1, -0.05) is 18.2 Å². The predicted molar refractivity (Wildman–Crippen MR) is 79.4 cm³/mol. The zero-order chi connectivity index (χ0) is 14.2. The molecule has 0 saturated carbocycles. The first-order valence-electron chi connectivity index (χ1n) is 7.16. The summed E-state index contributed by atoms with van der Waals surface area (Å²) in [7, 11) is 0. The maximum Gasteiger partial charge on any atom is 0.224 e. The van der Waals surface area contributed by atoms with Gasteiger partial charge in [0.25, 0.3) is 0 Å². The van der Waals surface area contributed by atoms with Crippen LogP contribution in [0.5, 0.6) is 0 Å². The fourth-order valence-electron chi connectivity index (χ4n) is 2.29. The van der Waals surface area contributed by atoms with Gasteiger partial charge in [-0.15, -0.1) is 0 Å². The van der Waals surface area contributed by atoms with Crippen molar-refractivity contribution in [3.63, 3.8) is 0 Å². The van der Waals surface area contributed by atoms with E-state index in [-0.39, 0.29) is 5.91 Å². The van der Waals surface area contributed by atoms with Gasteiger partial charge < -0.3 is 15.8 Å². The molecule has 20 heavy (non-hydrogen) atoms. The first-order valence-corrected chi connectivity index (χ1v) is 7.16. The highest BCUT2D eigenvalue weighted by Gasteiger charge is 2.10. The van der Waals surface area contributed by atoms with Crippen LogP contribution in [0.1, 0.15) is 12.0 Å². The van der Waals surface area contributed by atoms with Crippen LogP contribution >= 0.6 is 0 Å². The van der Waals surface area contributed by atoms with Crippen LogP contribution in [0.3, 0.4) is 0 Å². The summed E-state index contributed by atoms with van der Waals surface area (Å²) in [6, 6.07) is 7.49. The van der Waals surface area contributed by atoms with Crippen molar-refractivity contribution in [2.75, 3.05) is 45.1 Å². The van der Waals surface area contributed by atoms with E-state index in [9.17, 15) is 4.79 Å². The topological polar surface area (TPSA) is 67.6 Å². The minimum atomic E-state index is 0.0323. The maximum atomic E-state index is 11.8. The van der Waals surface area contributed by atoms with Crippen LogP contribution in [0.25, 0.3) is 0 Å². The number of nitrogens with zero attached hydrogens (tertiary/aromatic N) is 1. The van der Waals surface area contributed by atoms with E-state index >= 15 is 0 Å². The van der Waals surface area contributed by atoms with Gasteiger partial charge in [0.15, 0.2) is 0 Å². The van der Waals surface area contributed by atoms with Crippen molar-refractivity contribution in [3.05, 3.63) is 29.8 Å². The van der Waals surface area contributed by atoms with Gasteiger partial charge in [0.2, 0.25) is 5.91 Å². The van der Waals surface area contributed by atoms with Crippen molar-refractivity contribution in [2.45, 2.75) is 12.8 Å². The second-order valence-corrected chi connectivity index (χ2v) is 5.03. The van der Waals surface area contributed by atoms with Gasteiger partial charge in [0.1, 0.15) is 0 Å². The molecule has 3 N–H and O–H groups in total. The molecule has 5 heteroatoms. The van der Waals surface area contributed by atoms with E-state index in [0.29, 0.717) is 18.7 Å². The van der Waals surface area contributed by atoms with Crippen molar-refractivity contribution >= 4 is 11.6 Å². The molecule has 1 aliphatic heterocycles. The number of nitrogen functional groups attached to an aromatic ring is 1. The highest BCUT2D eigenvalue weighted by Crippen LogP contribution is 2.10. The van der Waals surface area contributed by atoms with Crippen LogP contribution in [-0.2, 0) is 16.0 Å². The van der Waals surface area contributed by atoms with Gasteiger partial charge in [-0.2, -0.15) is 0 Å². The minimum Gasteiger partial charge on any atom is -0.398 e. The number of nitrogens with two attached hydrogens (primary N) is 1. The number of ether oxygens (including phenoxy) is 1. The summed E-state index contributed by atoms with van der Waals surface area (Å²) in [4.78, 5) is 14.2. The summed E-state index contributed by atoms with van der Waals surface area (Å²) in [6.07, 6.45) is 1.32. The number of para-hydroxylation sites is 1. The number of hydrogen-bond acceptors (Lipinski definition) is 4. The third kappa shape index (κ3) is 4.83. The van der Waals surface area contributed by atoms with Gasteiger partial charge in [-0.3, -0.25) is 9.69 Å². The quantitative estimate of drug-likeness (QED) is 0.592. The highest BCUT2D eigenvalue weighted by molar-refractivity contribution is 5.80.